The van der Waals surface area contributed by atoms with Gasteiger partial charge in [0.1, 0.15) is 5.69 Å². The molecule has 0 saturated carbocycles. The summed E-state index contributed by atoms with van der Waals surface area (Å²) in [5, 5.41) is 14.1. The van der Waals surface area contributed by atoms with Gasteiger partial charge in [-0.15, -0.1) is 0 Å². The fourth-order valence-electron chi connectivity index (χ4n) is 2.44. The van der Waals surface area contributed by atoms with Crippen LogP contribution >= 0.6 is 0 Å². The van der Waals surface area contributed by atoms with Crippen LogP contribution < -0.4 is 16.0 Å². The molecule has 1 aromatic carbocycles. The molecule has 1 saturated heterocycles. The normalized spacial score (nSPS) is 18.8. The number of nitrogen functional groups attached to an aromatic ring is 1. The smallest absolute Gasteiger partial charge is 0.292 e. The molecule has 0 aromatic heterocycles. The first kappa shape index (κ1) is 12.6. The van der Waals surface area contributed by atoms with E-state index in [4.69, 9.17) is 5.73 Å². The van der Waals surface area contributed by atoms with E-state index in [9.17, 15) is 10.1 Å². The van der Waals surface area contributed by atoms with E-state index in [1.807, 2.05) is 0 Å². The Morgan fingerprint density at radius 2 is 2.39 bits per heavy atom. The molecule has 6 heteroatoms. The molecule has 0 aliphatic carbocycles. The minimum absolute atomic E-state index is 0.0284. The quantitative estimate of drug-likeness (QED) is 0.479. The summed E-state index contributed by atoms with van der Waals surface area (Å²) < 4.78 is 0. The first-order valence-electron chi connectivity index (χ1n) is 6.14. The average Bonchev–Trinajstić information content (AvgIpc) is 2.83. The van der Waals surface area contributed by atoms with Gasteiger partial charge in [-0.3, -0.25) is 10.1 Å². The zero-order chi connectivity index (χ0) is 13.1. The molecular weight excluding hydrogens is 232 g/mol. The zero-order valence-corrected chi connectivity index (χ0v) is 10.4. The third-order valence-corrected chi connectivity index (χ3v) is 3.36. The number of hydrogen-bond acceptors (Lipinski definition) is 5. The Hall–Kier alpha value is -1.82. The van der Waals surface area contributed by atoms with E-state index < -0.39 is 4.92 Å². The van der Waals surface area contributed by atoms with E-state index >= 15 is 0 Å². The molecule has 3 N–H and O–H groups in total. The number of benzene rings is 1. The monoisotopic (exact) mass is 250 g/mol. The molecule has 2 rings (SSSR count). The lowest BCUT2D eigenvalue weighted by Gasteiger charge is -2.29. The Kier molecular flexibility index (Phi) is 3.66. The highest BCUT2D eigenvalue weighted by atomic mass is 16.6. The van der Waals surface area contributed by atoms with Crippen LogP contribution in [0.1, 0.15) is 13.3 Å². The van der Waals surface area contributed by atoms with Gasteiger partial charge >= 0.3 is 0 Å². The second kappa shape index (κ2) is 5.22. The van der Waals surface area contributed by atoms with Crippen LogP contribution in [0.2, 0.25) is 0 Å². The van der Waals surface area contributed by atoms with Crippen LogP contribution in [0, 0.1) is 10.1 Å². The van der Waals surface area contributed by atoms with Gasteiger partial charge < -0.3 is 16.0 Å². The highest BCUT2D eigenvalue weighted by Crippen LogP contribution is 2.28. The second-order valence-electron chi connectivity index (χ2n) is 4.43. The molecule has 1 atom stereocenters. The maximum Gasteiger partial charge on any atom is 0.292 e. The summed E-state index contributed by atoms with van der Waals surface area (Å²) in [6.45, 7) is 4.91. The number of nitrogens with zero attached hydrogens (tertiary/aromatic N) is 2. The van der Waals surface area contributed by atoms with Gasteiger partial charge in [-0.1, -0.05) is 0 Å². The van der Waals surface area contributed by atoms with E-state index in [0.717, 1.165) is 31.7 Å². The topological polar surface area (TPSA) is 84.4 Å². The van der Waals surface area contributed by atoms with Crippen LogP contribution in [0.25, 0.3) is 0 Å². The number of hydrogen-bond donors (Lipinski definition) is 2. The van der Waals surface area contributed by atoms with Gasteiger partial charge in [0.05, 0.1) is 4.92 Å². The number of likely N-dealkylation sites (N-methyl/N-ethyl adjacent to an activating group) is 1. The number of nitrogens with one attached hydrogen (secondary N) is 1. The molecule has 18 heavy (non-hydrogen) atoms. The van der Waals surface area contributed by atoms with Gasteiger partial charge in [-0.05, 0) is 32.0 Å². The second-order valence-corrected chi connectivity index (χ2v) is 4.43. The molecule has 1 aromatic rings. The largest absolute Gasteiger partial charge is 0.393 e. The minimum atomic E-state index is -0.452. The van der Waals surface area contributed by atoms with Crippen LogP contribution in [0.15, 0.2) is 18.2 Å². The van der Waals surface area contributed by atoms with Crippen LogP contribution in [-0.4, -0.2) is 30.6 Å². The third kappa shape index (κ3) is 2.38. The maximum absolute atomic E-state index is 10.7. The van der Waals surface area contributed by atoms with Crippen LogP contribution in [-0.2, 0) is 0 Å². The van der Waals surface area contributed by atoms with E-state index in [1.165, 1.54) is 6.07 Å². The summed E-state index contributed by atoms with van der Waals surface area (Å²) in [6, 6.07) is 5.39. The van der Waals surface area contributed by atoms with Crippen molar-refractivity contribution in [1.82, 2.24) is 5.32 Å². The van der Waals surface area contributed by atoms with Gasteiger partial charge in [0.2, 0.25) is 0 Å². The van der Waals surface area contributed by atoms with E-state index in [1.54, 1.807) is 12.1 Å². The predicted molar refractivity (Wildman–Crippen MR) is 71.8 cm³/mol. The minimum Gasteiger partial charge on any atom is -0.393 e. The van der Waals surface area contributed by atoms with Crippen molar-refractivity contribution in [3.05, 3.63) is 28.3 Å². The Bertz CT molecular complexity index is 444. The average molecular weight is 250 g/mol. The van der Waals surface area contributed by atoms with Crippen molar-refractivity contribution < 1.29 is 4.92 Å². The highest BCUT2D eigenvalue weighted by molar-refractivity contribution is 5.67. The lowest BCUT2D eigenvalue weighted by molar-refractivity contribution is -0.383. The highest BCUT2D eigenvalue weighted by Gasteiger charge is 2.22. The molecule has 1 fully saturated rings. The van der Waals surface area contributed by atoms with Gasteiger partial charge in [-0.25, -0.2) is 0 Å². The van der Waals surface area contributed by atoms with Crippen molar-refractivity contribution in [2.75, 3.05) is 30.3 Å². The van der Waals surface area contributed by atoms with Crippen molar-refractivity contribution in [2.45, 2.75) is 19.4 Å². The summed E-state index contributed by atoms with van der Waals surface area (Å²) >= 11 is 0. The van der Waals surface area contributed by atoms with Crippen molar-refractivity contribution in [3.63, 3.8) is 0 Å². The lowest BCUT2D eigenvalue weighted by Crippen LogP contribution is -2.36. The molecule has 1 unspecified atom stereocenters. The SMILES string of the molecule is CCN(c1ccc([N+](=O)[O-])c(N)c1)C1CCNC1. The Morgan fingerprint density at radius 1 is 1.61 bits per heavy atom. The van der Waals surface area contributed by atoms with E-state index in [0.29, 0.717) is 6.04 Å². The van der Waals surface area contributed by atoms with Gasteiger partial charge in [0.15, 0.2) is 0 Å². The van der Waals surface area contributed by atoms with Crippen molar-refractivity contribution in [2.24, 2.45) is 0 Å². The summed E-state index contributed by atoms with van der Waals surface area (Å²) in [7, 11) is 0. The van der Waals surface area contributed by atoms with Crippen LogP contribution in [0.4, 0.5) is 17.1 Å². The zero-order valence-electron chi connectivity index (χ0n) is 10.4. The first-order chi connectivity index (χ1) is 8.63. The lowest BCUT2D eigenvalue weighted by atomic mass is 10.1. The summed E-state index contributed by atoms with van der Waals surface area (Å²) in [6.07, 6.45) is 1.09. The molecule has 0 bridgehead atoms. The fourth-order valence-corrected chi connectivity index (χ4v) is 2.44. The molecule has 6 nitrogen and oxygen atoms in total. The van der Waals surface area contributed by atoms with Crippen LogP contribution in [0.3, 0.4) is 0 Å². The van der Waals surface area contributed by atoms with Gasteiger partial charge in [0, 0.05) is 30.9 Å². The number of nitrogens with two attached hydrogens (primary N) is 1. The van der Waals surface area contributed by atoms with Crippen LogP contribution in [0.5, 0.6) is 0 Å². The third-order valence-electron chi connectivity index (χ3n) is 3.36. The molecule has 0 radical (unpaired) electrons. The van der Waals surface area contributed by atoms with Gasteiger partial charge in [-0.2, -0.15) is 0 Å². The Labute approximate surface area is 106 Å². The summed E-state index contributed by atoms with van der Waals surface area (Å²) in [4.78, 5) is 12.5. The first-order valence-corrected chi connectivity index (χ1v) is 6.14. The molecule has 1 aliphatic rings. The van der Waals surface area contributed by atoms with Crippen molar-refractivity contribution in [3.8, 4) is 0 Å². The molecule has 1 heterocycles. The number of nitro groups is 1. The standard InChI is InChI=1S/C12H18N4O2/c1-2-15(10-5-6-14-8-10)9-3-4-12(16(17)18)11(13)7-9/h3-4,7,10,14H,2,5-6,8,13H2,1H3. The van der Waals surface area contributed by atoms with E-state index in [-0.39, 0.29) is 11.4 Å². The molecule has 1 aliphatic heterocycles. The van der Waals surface area contributed by atoms with Crippen molar-refractivity contribution >= 4 is 17.1 Å². The molecule has 0 amide bonds. The Morgan fingerprint density at radius 3 is 2.89 bits per heavy atom. The number of rotatable bonds is 4. The fraction of sp³-hybridized carbons (Fsp3) is 0.500. The summed E-state index contributed by atoms with van der Waals surface area (Å²) in [5.74, 6) is 0. The molecular formula is C12H18N4O2. The van der Waals surface area contributed by atoms with E-state index in [2.05, 4.69) is 17.1 Å². The number of anilines is 2. The number of nitro benzene ring substituents is 1. The maximum atomic E-state index is 10.7. The predicted octanol–water partition coefficient (Wildman–Crippen LogP) is 1.37. The molecule has 0 spiro atoms. The Balaban J connectivity index is 2.26. The van der Waals surface area contributed by atoms with Gasteiger partial charge in [0.25, 0.3) is 5.69 Å². The summed E-state index contributed by atoms with van der Waals surface area (Å²) in [5.41, 5.74) is 6.88. The van der Waals surface area contributed by atoms with Crippen molar-refractivity contribution in [1.29, 1.82) is 0 Å². The molecule has 98 valence electrons.